The SMILES string of the molecule is O=C1CCc2cc(NS(=O)(=O)c3ccc(Cl)cc3)cc3c2N1CCC3. The summed E-state index contributed by atoms with van der Waals surface area (Å²) in [5, 5.41) is 0.488. The molecule has 0 bridgehead atoms. The molecule has 0 spiro atoms. The van der Waals surface area contributed by atoms with Crippen molar-refractivity contribution in [1.82, 2.24) is 0 Å². The summed E-state index contributed by atoms with van der Waals surface area (Å²) in [5.41, 5.74) is 3.59. The Kier molecular flexibility index (Phi) is 3.96. The lowest BCUT2D eigenvalue weighted by molar-refractivity contribution is -0.119. The molecule has 0 saturated carbocycles. The third-order valence-electron chi connectivity index (χ3n) is 4.65. The number of rotatable bonds is 3. The maximum Gasteiger partial charge on any atom is 0.261 e. The molecule has 7 heteroatoms. The Bertz CT molecular complexity index is 938. The van der Waals surface area contributed by atoms with Crippen molar-refractivity contribution in [3.8, 4) is 0 Å². The molecule has 0 unspecified atom stereocenters. The Morgan fingerprint density at radius 1 is 1.00 bits per heavy atom. The average Bonchev–Trinajstić information content (AvgIpc) is 2.58. The quantitative estimate of drug-likeness (QED) is 0.893. The zero-order valence-corrected chi connectivity index (χ0v) is 15.0. The Morgan fingerprint density at radius 2 is 1.68 bits per heavy atom. The molecule has 2 aliphatic heterocycles. The van der Waals surface area contributed by atoms with Gasteiger partial charge in [-0.15, -0.1) is 0 Å². The maximum absolute atomic E-state index is 12.6. The normalized spacial score (nSPS) is 16.5. The molecule has 2 aromatic rings. The van der Waals surface area contributed by atoms with Gasteiger partial charge >= 0.3 is 0 Å². The average molecular weight is 377 g/mol. The monoisotopic (exact) mass is 376 g/mol. The van der Waals surface area contributed by atoms with Crippen LogP contribution < -0.4 is 9.62 Å². The third-order valence-corrected chi connectivity index (χ3v) is 6.30. The summed E-state index contributed by atoms with van der Waals surface area (Å²) in [7, 11) is -3.68. The predicted molar refractivity (Wildman–Crippen MR) is 97.7 cm³/mol. The van der Waals surface area contributed by atoms with Crippen molar-refractivity contribution in [2.24, 2.45) is 0 Å². The van der Waals surface area contributed by atoms with Crippen molar-refractivity contribution >= 4 is 38.9 Å². The summed E-state index contributed by atoms with van der Waals surface area (Å²) < 4.78 is 27.8. The first-order valence-corrected chi connectivity index (χ1v) is 10.0. The highest BCUT2D eigenvalue weighted by Crippen LogP contribution is 2.38. The van der Waals surface area contributed by atoms with Crippen LogP contribution in [-0.2, 0) is 27.7 Å². The number of carbonyl (C=O) groups is 1. The molecule has 0 aliphatic carbocycles. The van der Waals surface area contributed by atoms with Gasteiger partial charge in [0.2, 0.25) is 5.91 Å². The van der Waals surface area contributed by atoms with Gasteiger partial charge in [0.05, 0.1) is 10.6 Å². The number of halogens is 1. The summed E-state index contributed by atoms with van der Waals surface area (Å²) in [6, 6.07) is 9.75. The second kappa shape index (κ2) is 6.04. The van der Waals surface area contributed by atoms with Crippen LogP contribution >= 0.6 is 11.6 Å². The van der Waals surface area contributed by atoms with Crippen LogP contribution in [0.25, 0.3) is 0 Å². The van der Waals surface area contributed by atoms with Gasteiger partial charge in [0.25, 0.3) is 10.0 Å². The fourth-order valence-corrected chi connectivity index (χ4v) is 4.71. The molecule has 130 valence electrons. The second-order valence-electron chi connectivity index (χ2n) is 6.35. The topological polar surface area (TPSA) is 66.5 Å². The summed E-state index contributed by atoms with van der Waals surface area (Å²) in [5.74, 6) is 0.156. The van der Waals surface area contributed by atoms with Crippen LogP contribution in [0.1, 0.15) is 24.0 Å². The summed E-state index contributed by atoms with van der Waals surface area (Å²) in [6.07, 6.45) is 2.86. The molecule has 1 amide bonds. The summed E-state index contributed by atoms with van der Waals surface area (Å²) in [6.45, 7) is 0.745. The second-order valence-corrected chi connectivity index (χ2v) is 8.47. The van der Waals surface area contributed by atoms with Gasteiger partial charge in [-0.3, -0.25) is 9.52 Å². The minimum absolute atomic E-state index is 0.156. The first-order valence-electron chi connectivity index (χ1n) is 8.18. The van der Waals surface area contributed by atoms with Crippen molar-refractivity contribution < 1.29 is 13.2 Å². The Hall–Kier alpha value is -2.05. The van der Waals surface area contributed by atoms with Crippen molar-refractivity contribution in [1.29, 1.82) is 0 Å². The van der Waals surface area contributed by atoms with E-state index in [2.05, 4.69) is 4.72 Å². The maximum atomic E-state index is 12.6. The fourth-order valence-electron chi connectivity index (χ4n) is 3.54. The lowest BCUT2D eigenvalue weighted by atomic mass is 9.91. The largest absolute Gasteiger partial charge is 0.312 e. The zero-order valence-electron chi connectivity index (χ0n) is 13.5. The van der Waals surface area contributed by atoms with Crippen molar-refractivity contribution in [2.45, 2.75) is 30.6 Å². The molecule has 0 fully saturated rings. The number of sulfonamides is 1. The van der Waals surface area contributed by atoms with E-state index in [1.807, 2.05) is 17.0 Å². The van der Waals surface area contributed by atoms with E-state index in [1.165, 1.54) is 12.1 Å². The van der Waals surface area contributed by atoms with Crippen molar-refractivity contribution in [3.05, 3.63) is 52.5 Å². The van der Waals surface area contributed by atoms with Gasteiger partial charge in [-0.05, 0) is 66.8 Å². The molecule has 4 rings (SSSR count). The van der Waals surface area contributed by atoms with E-state index in [0.29, 0.717) is 23.6 Å². The minimum atomic E-state index is -3.68. The van der Waals surface area contributed by atoms with Gasteiger partial charge < -0.3 is 4.90 Å². The van der Waals surface area contributed by atoms with E-state index in [9.17, 15) is 13.2 Å². The molecule has 0 aromatic heterocycles. The standard InChI is InChI=1S/C18H17ClN2O3S/c19-14-4-6-16(7-5-14)25(23,24)20-15-10-12-2-1-9-21-17(22)8-3-13(11-15)18(12)21/h4-7,10-11,20H,1-3,8-9H2. The lowest BCUT2D eigenvalue weighted by Crippen LogP contribution is -2.39. The number of nitrogens with one attached hydrogen (secondary N) is 1. The molecule has 0 saturated heterocycles. The van der Waals surface area contributed by atoms with Crippen LogP contribution in [0.2, 0.25) is 5.02 Å². The molecule has 0 radical (unpaired) electrons. The molecule has 25 heavy (non-hydrogen) atoms. The highest BCUT2D eigenvalue weighted by molar-refractivity contribution is 7.92. The van der Waals surface area contributed by atoms with E-state index >= 15 is 0 Å². The van der Waals surface area contributed by atoms with Crippen LogP contribution in [0.3, 0.4) is 0 Å². The molecule has 2 aliphatic rings. The zero-order chi connectivity index (χ0) is 17.6. The van der Waals surface area contributed by atoms with Gasteiger partial charge in [0.1, 0.15) is 0 Å². The van der Waals surface area contributed by atoms with Crippen molar-refractivity contribution in [3.63, 3.8) is 0 Å². The molecule has 1 N–H and O–H groups in total. The Morgan fingerprint density at radius 3 is 2.40 bits per heavy atom. The Labute approximate surface area is 151 Å². The number of hydrogen-bond donors (Lipinski definition) is 1. The van der Waals surface area contributed by atoms with Gasteiger partial charge in [0.15, 0.2) is 0 Å². The lowest BCUT2D eigenvalue weighted by Gasteiger charge is -2.35. The van der Waals surface area contributed by atoms with Gasteiger partial charge in [0, 0.05) is 23.7 Å². The van der Waals surface area contributed by atoms with Crippen LogP contribution in [0, 0.1) is 0 Å². The molecule has 5 nitrogen and oxygen atoms in total. The molecule has 0 atom stereocenters. The number of hydrogen-bond acceptors (Lipinski definition) is 3. The van der Waals surface area contributed by atoms with Gasteiger partial charge in [-0.25, -0.2) is 8.42 Å². The molecule has 2 aromatic carbocycles. The number of anilines is 2. The number of benzene rings is 2. The highest BCUT2D eigenvalue weighted by Gasteiger charge is 2.30. The van der Waals surface area contributed by atoms with E-state index < -0.39 is 10.0 Å². The number of carbonyl (C=O) groups excluding carboxylic acids is 1. The van der Waals surface area contributed by atoms with Crippen LogP contribution in [-0.4, -0.2) is 20.9 Å². The Balaban J connectivity index is 1.70. The van der Waals surface area contributed by atoms with Gasteiger partial charge in [-0.1, -0.05) is 11.6 Å². The molecular formula is C18H17ClN2O3S. The van der Waals surface area contributed by atoms with E-state index in [0.717, 1.165) is 36.2 Å². The molecule has 2 heterocycles. The van der Waals surface area contributed by atoms with Gasteiger partial charge in [-0.2, -0.15) is 0 Å². The third kappa shape index (κ3) is 3.00. The summed E-state index contributed by atoms with van der Waals surface area (Å²) >= 11 is 5.83. The number of amides is 1. The number of nitrogens with zero attached hydrogens (tertiary/aromatic N) is 1. The van der Waals surface area contributed by atoms with Crippen molar-refractivity contribution in [2.75, 3.05) is 16.2 Å². The predicted octanol–water partition coefficient (Wildman–Crippen LogP) is 3.37. The summed E-state index contributed by atoms with van der Waals surface area (Å²) in [4.78, 5) is 14.1. The van der Waals surface area contributed by atoms with E-state index in [4.69, 9.17) is 11.6 Å². The first-order chi connectivity index (χ1) is 11.9. The smallest absolute Gasteiger partial charge is 0.261 e. The van der Waals surface area contributed by atoms with Crippen LogP contribution in [0.15, 0.2) is 41.3 Å². The number of aryl methyl sites for hydroxylation is 2. The highest BCUT2D eigenvalue weighted by atomic mass is 35.5. The molecular weight excluding hydrogens is 360 g/mol. The van der Waals surface area contributed by atoms with Crippen LogP contribution in [0.4, 0.5) is 11.4 Å². The fraction of sp³-hybridized carbons (Fsp3) is 0.278. The van der Waals surface area contributed by atoms with E-state index in [1.54, 1.807) is 12.1 Å². The minimum Gasteiger partial charge on any atom is -0.312 e. The first kappa shape index (κ1) is 16.4. The van der Waals surface area contributed by atoms with E-state index in [-0.39, 0.29) is 10.8 Å². The van der Waals surface area contributed by atoms with Crippen LogP contribution in [0.5, 0.6) is 0 Å².